The second-order valence-electron chi connectivity index (χ2n) is 2.90. The van der Waals surface area contributed by atoms with E-state index in [0.717, 1.165) is 6.42 Å². The first-order valence-electron chi connectivity index (χ1n) is 5.13. The second-order valence-corrected chi connectivity index (χ2v) is 4.10. The summed E-state index contributed by atoms with van der Waals surface area (Å²) in [4.78, 5) is 2.55. The molecular weight excluding hydrogens is 196 g/mol. The van der Waals surface area contributed by atoms with Gasteiger partial charge in [-0.3, -0.25) is 0 Å². The third-order valence-corrected chi connectivity index (χ3v) is 3.15. The predicted molar refractivity (Wildman–Crippen MR) is 59.7 cm³/mol. The Hall–Kier alpha value is -0.380. The molecule has 0 aliphatic rings. The van der Waals surface area contributed by atoms with E-state index in [-0.39, 0.29) is 6.29 Å². The van der Waals surface area contributed by atoms with Crippen LogP contribution in [0.5, 0.6) is 0 Å². The molecule has 1 heterocycles. The third-order valence-electron chi connectivity index (χ3n) is 1.90. The summed E-state index contributed by atoms with van der Waals surface area (Å²) in [5, 5.41) is 0. The molecule has 0 aliphatic carbocycles. The summed E-state index contributed by atoms with van der Waals surface area (Å²) >= 11 is 1.77. The Labute approximate surface area is 89.9 Å². The van der Waals surface area contributed by atoms with E-state index in [0.29, 0.717) is 13.2 Å². The van der Waals surface area contributed by atoms with Gasteiger partial charge < -0.3 is 9.47 Å². The maximum Gasteiger partial charge on any atom is 0.193 e. The van der Waals surface area contributed by atoms with Crippen LogP contribution >= 0.6 is 11.3 Å². The number of aryl methyl sites for hydroxylation is 1. The minimum Gasteiger partial charge on any atom is -0.348 e. The van der Waals surface area contributed by atoms with Crippen molar-refractivity contribution < 1.29 is 9.47 Å². The Morgan fingerprint density at radius 2 is 1.79 bits per heavy atom. The first-order chi connectivity index (χ1) is 6.81. The number of hydrogen-bond acceptors (Lipinski definition) is 3. The number of hydrogen-bond donors (Lipinski definition) is 0. The Morgan fingerprint density at radius 3 is 2.21 bits per heavy atom. The van der Waals surface area contributed by atoms with Crippen molar-refractivity contribution in [2.45, 2.75) is 33.5 Å². The van der Waals surface area contributed by atoms with Crippen molar-refractivity contribution in [1.29, 1.82) is 0 Å². The summed E-state index contributed by atoms with van der Waals surface area (Å²) in [6.45, 7) is 7.50. The van der Waals surface area contributed by atoms with Gasteiger partial charge in [0.25, 0.3) is 0 Å². The van der Waals surface area contributed by atoms with Gasteiger partial charge in [-0.15, -0.1) is 11.3 Å². The van der Waals surface area contributed by atoms with E-state index in [9.17, 15) is 0 Å². The van der Waals surface area contributed by atoms with Crippen molar-refractivity contribution in [2.75, 3.05) is 13.2 Å². The molecule has 1 aromatic rings. The molecule has 0 amide bonds. The van der Waals surface area contributed by atoms with Gasteiger partial charge >= 0.3 is 0 Å². The zero-order valence-electron chi connectivity index (χ0n) is 9.08. The molecule has 0 radical (unpaired) electrons. The van der Waals surface area contributed by atoms with Crippen LogP contribution < -0.4 is 0 Å². The number of thiophene rings is 1. The van der Waals surface area contributed by atoms with Crippen molar-refractivity contribution in [3.63, 3.8) is 0 Å². The van der Waals surface area contributed by atoms with E-state index in [1.807, 2.05) is 13.8 Å². The van der Waals surface area contributed by atoms with Gasteiger partial charge in [0.05, 0.1) is 4.88 Å². The number of rotatable bonds is 6. The smallest absolute Gasteiger partial charge is 0.193 e. The standard InChI is InChI=1S/C11H18O2S/c1-4-9-7-8-10(14-9)11(12-5-2)13-6-3/h7-8,11H,4-6H2,1-3H3. The summed E-state index contributed by atoms with van der Waals surface area (Å²) in [5.41, 5.74) is 0. The van der Waals surface area contributed by atoms with Gasteiger partial charge in [0.1, 0.15) is 0 Å². The number of ether oxygens (including phenoxy) is 2. The molecule has 0 N–H and O–H groups in total. The molecule has 0 spiro atoms. The maximum absolute atomic E-state index is 5.51. The van der Waals surface area contributed by atoms with Gasteiger partial charge in [0, 0.05) is 18.1 Å². The molecule has 0 aromatic carbocycles. The predicted octanol–water partition coefficient (Wildman–Crippen LogP) is 3.38. The van der Waals surface area contributed by atoms with E-state index in [1.54, 1.807) is 11.3 Å². The fourth-order valence-corrected chi connectivity index (χ4v) is 2.18. The van der Waals surface area contributed by atoms with Gasteiger partial charge in [-0.2, -0.15) is 0 Å². The lowest BCUT2D eigenvalue weighted by Crippen LogP contribution is -2.06. The van der Waals surface area contributed by atoms with E-state index in [1.165, 1.54) is 9.75 Å². The van der Waals surface area contributed by atoms with E-state index in [2.05, 4.69) is 19.1 Å². The quantitative estimate of drug-likeness (QED) is 0.676. The zero-order valence-corrected chi connectivity index (χ0v) is 9.89. The van der Waals surface area contributed by atoms with Crippen molar-refractivity contribution in [2.24, 2.45) is 0 Å². The molecule has 0 saturated heterocycles. The summed E-state index contributed by atoms with van der Waals surface area (Å²) in [6.07, 6.45) is 0.908. The van der Waals surface area contributed by atoms with Gasteiger partial charge in [0.15, 0.2) is 6.29 Å². The van der Waals surface area contributed by atoms with Crippen molar-refractivity contribution in [1.82, 2.24) is 0 Å². The highest BCUT2D eigenvalue weighted by atomic mass is 32.1. The minimum atomic E-state index is -0.171. The third kappa shape index (κ3) is 3.08. The molecule has 0 aliphatic heterocycles. The Bertz CT molecular complexity index is 252. The fraction of sp³-hybridized carbons (Fsp3) is 0.636. The Kier molecular flexibility index (Phi) is 5.15. The lowest BCUT2D eigenvalue weighted by Gasteiger charge is -2.14. The van der Waals surface area contributed by atoms with Gasteiger partial charge in [0.2, 0.25) is 0 Å². The molecule has 0 fully saturated rings. The molecule has 14 heavy (non-hydrogen) atoms. The average Bonchev–Trinajstić information content (AvgIpc) is 2.65. The van der Waals surface area contributed by atoms with Crippen LogP contribution in [0, 0.1) is 0 Å². The highest BCUT2D eigenvalue weighted by Crippen LogP contribution is 2.27. The SMILES string of the molecule is CCOC(OCC)c1ccc(CC)s1. The van der Waals surface area contributed by atoms with Gasteiger partial charge in [-0.05, 0) is 32.4 Å². The monoisotopic (exact) mass is 214 g/mol. The largest absolute Gasteiger partial charge is 0.348 e. The zero-order chi connectivity index (χ0) is 10.4. The van der Waals surface area contributed by atoms with Crippen LogP contribution in [0.25, 0.3) is 0 Å². The first-order valence-corrected chi connectivity index (χ1v) is 5.95. The van der Waals surface area contributed by atoms with Gasteiger partial charge in [-0.25, -0.2) is 0 Å². The summed E-state index contributed by atoms with van der Waals surface area (Å²) < 4.78 is 11.0. The molecule has 80 valence electrons. The second kappa shape index (κ2) is 6.17. The molecule has 0 unspecified atom stereocenters. The van der Waals surface area contributed by atoms with Gasteiger partial charge in [-0.1, -0.05) is 6.92 Å². The van der Waals surface area contributed by atoms with E-state index < -0.39 is 0 Å². The lowest BCUT2D eigenvalue weighted by atomic mass is 10.3. The highest BCUT2D eigenvalue weighted by molar-refractivity contribution is 7.12. The molecule has 2 nitrogen and oxygen atoms in total. The molecule has 1 aromatic heterocycles. The van der Waals surface area contributed by atoms with Crippen LogP contribution in [0.1, 0.15) is 36.8 Å². The lowest BCUT2D eigenvalue weighted by molar-refractivity contribution is -0.138. The molecule has 3 heteroatoms. The molecular formula is C11H18O2S. The van der Waals surface area contributed by atoms with Crippen molar-refractivity contribution >= 4 is 11.3 Å². The normalized spacial score (nSPS) is 11.1. The molecule has 0 bridgehead atoms. The van der Waals surface area contributed by atoms with Crippen molar-refractivity contribution in [3.05, 3.63) is 21.9 Å². The van der Waals surface area contributed by atoms with Crippen LogP contribution in [-0.2, 0) is 15.9 Å². The van der Waals surface area contributed by atoms with Crippen LogP contribution in [0.15, 0.2) is 12.1 Å². The Balaban J connectivity index is 2.65. The van der Waals surface area contributed by atoms with E-state index in [4.69, 9.17) is 9.47 Å². The topological polar surface area (TPSA) is 18.5 Å². The van der Waals surface area contributed by atoms with Crippen molar-refractivity contribution in [3.8, 4) is 0 Å². The summed E-state index contributed by atoms with van der Waals surface area (Å²) in [7, 11) is 0. The molecule has 1 rings (SSSR count). The molecule has 0 atom stereocenters. The first kappa shape index (κ1) is 11.7. The van der Waals surface area contributed by atoms with Crippen LogP contribution in [0.2, 0.25) is 0 Å². The maximum atomic E-state index is 5.51. The fourth-order valence-electron chi connectivity index (χ4n) is 1.23. The average molecular weight is 214 g/mol. The highest BCUT2D eigenvalue weighted by Gasteiger charge is 2.13. The van der Waals surface area contributed by atoms with Crippen LogP contribution in [-0.4, -0.2) is 13.2 Å². The van der Waals surface area contributed by atoms with Crippen LogP contribution in [0.4, 0.5) is 0 Å². The van der Waals surface area contributed by atoms with E-state index >= 15 is 0 Å². The molecule has 0 saturated carbocycles. The minimum absolute atomic E-state index is 0.171. The summed E-state index contributed by atoms with van der Waals surface area (Å²) in [6, 6.07) is 4.24. The summed E-state index contributed by atoms with van der Waals surface area (Å²) in [5.74, 6) is 0. The van der Waals surface area contributed by atoms with Crippen LogP contribution in [0.3, 0.4) is 0 Å². The Morgan fingerprint density at radius 1 is 1.14 bits per heavy atom.